The lowest BCUT2D eigenvalue weighted by atomic mass is 9.98. The lowest BCUT2D eigenvalue weighted by molar-refractivity contribution is -0.125. The summed E-state index contributed by atoms with van der Waals surface area (Å²) in [5, 5.41) is 6.94. The molecule has 0 unspecified atom stereocenters. The molecule has 5 rings (SSSR count). The van der Waals surface area contributed by atoms with Crippen LogP contribution in [-0.4, -0.2) is 57.9 Å². The van der Waals surface area contributed by atoms with Gasteiger partial charge in [0.05, 0.1) is 19.0 Å². The van der Waals surface area contributed by atoms with Gasteiger partial charge in [0.15, 0.2) is 11.6 Å². The van der Waals surface area contributed by atoms with Gasteiger partial charge in [-0.15, -0.1) is 0 Å². The van der Waals surface area contributed by atoms with Gasteiger partial charge in [-0.05, 0) is 50.7 Å². The Hall–Kier alpha value is -3.99. The van der Waals surface area contributed by atoms with Crippen molar-refractivity contribution in [2.75, 3.05) is 36.6 Å². The number of aryl methyl sites for hydroxylation is 1. The summed E-state index contributed by atoms with van der Waals surface area (Å²) in [7, 11) is 1.77. The number of nitrogens with zero attached hydrogens (tertiary/aromatic N) is 5. The van der Waals surface area contributed by atoms with Crippen molar-refractivity contribution in [2.45, 2.75) is 32.6 Å². The van der Waals surface area contributed by atoms with Gasteiger partial charge < -0.3 is 19.5 Å². The lowest BCUT2D eigenvalue weighted by Crippen LogP contribution is -2.40. The minimum absolute atomic E-state index is 0.0582. The van der Waals surface area contributed by atoms with E-state index in [2.05, 4.69) is 20.4 Å². The molecule has 2 aromatic heterocycles. The van der Waals surface area contributed by atoms with E-state index in [4.69, 9.17) is 14.2 Å². The van der Waals surface area contributed by atoms with E-state index in [1.807, 2.05) is 6.92 Å². The number of nitrogens with one attached hydrogen (secondary N) is 1. The summed E-state index contributed by atoms with van der Waals surface area (Å²) in [5.41, 5.74) is 0.346. The average molecular weight is 521 g/mol. The third kappa shape index (κ3) is 6.46. The fraction of sp³-hybridized carbons (Fsp3) is 0.444. The number of aromatic nitrogens is 4. The SMILES string of the molecule is CCOc1cc(Oc2cnc(N(CC3CC3)C(=O)C3CCOCC3)cn2)cc(C(=O)Nc2ccn(C)n2)c1. The number of anilines is 2. The van der Waals surface area contributed by atoms with Crippen molar-refractivity contribution in [1.29, 1.82) is 0 Å². The molecule has 2 fully saturated rings. The van der Waals surface area contributed by atoms with Crippen LogP contribution >= 0.6 is 0 Å². The first-order valence-electron chi connectivity index (χ1n) is 13.0. The highest BCUT2D eigenvalue weighted by Crippen LogP contribution is 2.33. The van der Waals surface area contributed by atoms with Gasteiger partial charge in [-0.25, -0.2) is 9.97 Å². The second-order valence-electron chi connectivity index (χ2n) is 9.55. The van der Waals surface area contributed by atoms with Gasteiger partial charge in [0.2, 0.25) is 11.8 Å². The van der Waals surface area contributed by atoms with Crippen LogP contribution in [0.25, 0.3) is 0 Å². The molecule has 1 saturated heterocycles. The molecule has 1 aromatic carbocycles. The Morgan fingerprint density at radius 1 is 1.11 bits per heavy atom. The number of benzene rings is 1. The Morgan fingerprint density at radius 2 is 1.89 bits per heavy atom. The Kier molecular flexibility index (Phi) is 7.83. The van der Waals surface area contributed by atoms with Crippen molar-refractivity contribution in [3.05, 3.63) is 48.4 Å². The highest BCUT2D eigenvalue weighted by Gasteiger charge is 2.33. The molecule has 11 nitrogen and oxygen atoms in total. The molecule has 11 heteroatoms. The van der Waals surface area contributed by atoms with Crippen LogP contribution in [0.3, 0.4) is 0 Å². The largest absolute Gasteiger partial charge is 0.494 e. The molecule has 2 amide bonds. The van der Waals surface area contributed by atoms with Crippen molar-refractivity contribution in [2.24, 2.45) is 18.9 Å². The van der Waals surface area contributed by atoms with E-state index in [1.165, 1.54) is 6.20 Å². The number of amides is 2. The fourth-order valence-corrected chi connectivity index (χ4v) is 4.32. The zero-order valence-electron chi connectivity index (χ0n) is 21.6. The first-order valence-corrected chi connectivity index (χ1v) is 13.0. The molecule has 0 atom stereocenters. The number of hydrogen-bond acceptors (Lipinski definition) is 8. The van der Waals surface area contributed by atoms with E-state index >= 15 is 0 Å². The summed E-state index contributed by atoms with van der Waals surface area (Å²) < 4.78 is 18.6. The highest BCUT2D eigenvalue weighted by molar-refractivity contribution is 6.04. The second kappa shape index (κ2) is 11.6. The van der Waals surface area contributed by atoms with Crippen molar-refractivity contribution in [1.82, 2.24) is 19.7 Å². The molecule has 1 aliphatic heterocycles. The summed E-state index contributed by atoms with van der Waals surface area (Å²) in [6, 6.07) is 6.63. The maximum absolute atomic E-state index is 13.3. The quantitative estimate of drug-likeness (QED) is 0.428. The molecule has 2 aliphatic rings. The predicted molar refractivity (Wildman–Crippen MR) is 139 cm³/mol. The summed E-state index contributed by atoms with van der Waals surface area (Å²) in [5.74, 6) is 2.23. The van der Waals surface area contributed by atoms with E-state index in [9.17, 15) is 9.59 Å². The van der Waals surface area contributed by atoms with Crippen molar-refractivity contribution in [3.63, 3.8) is 0 Å². The fourth-order valence-electron chi connectivity index (χ4n) is 4.32. The van der Waals surface area contributed by atoms with E-state index in [1.54, 1.807) is 53.3 Å². The molecule has 38 heavy (non-hydrogen) atoms. The standard InChI is InChI=1S/C27H32N6O5/c1-3-37-21-12-20(26(34)30-23-6-9-32(2)31-23)13-22(14-21)38-25-16-28-24(15-29-25)33(17-18-4-5-18)27(35)19-7-10-36-11-8-19/h6,9,12-16,18-19H,3-5,7-8,10-11,17H2,1-2H3,(H,30,31,34). The van der Waals surface area contributed by atoms with Gasteiger partial charge >= 0.3 is 0 Å². The van der Waals surface area contributed by atoms with Gasteiger partial charge in [0.25, 0.3) is 5.91 Å². The van der Waals surface area contributed by atoms with E-state index in [0.717, 1.165) is 25.7 Å². The second-order valence-corrected chi connectivity index (χ2v) is 9.55. The first kappa shape index (κ1) is 25.7. The van der Waals surface area contributed by atoms with Crippen molar-refractivity contribution >= 4 is 23.5 Å². The minimum Gasteiger partial charge on any atom is -0.494 e. The van der Waals surface area contributed by atoms with Crippen LogP contribution in [0.5, 0.6) is 17.4 Å². The Bertz CT molecular complexity index is 1270. The topological polar surface area (TPSA) is 121 Å². The normalized spacial score (nSPS) is 15.6. The summed E-state index contributed by atoms with van der Waals surface area (Å²) in [6.45, 7) is 4.15. The maximum Gasteiger partial charge on any atom is 0.257 e. The van der Waals surface area contributed by atoms with Gasteiger partial charge in [-0.3, -0.25) is 19.2 Å². The molecule has 0 spiro atoms. The van der Waals surface area contributed by atoms with Gasteiger partial charge in [-0.2, -0.15) is 5.10 Å². The summed E-state index contributed by atoms with van der Waals surface area (Å²) in [6.07, 6.45) is 8.49. The molecule has 3 aromatic rings. The van der Waals surface area contributed by atoms with Crippen LogP contribution in [0.2, 0.25) is 0 Å². The van der Waals surface area contributed by atoms with E-state index in [0.29, 0.717) is 61.0 Å². The maximum atomic E-state index is 13.3. The highest BCUT2D eigenvalue weighted by atomic mass is 16.5. The summed E-state index contributed by atoms with van der Waals surface area (Å²) in [4.78, 5) is 36.8. The molecule has 0 bridgehead atoms. The van der Waals surface area contributed by atoms with Crippen LogP contribution in [0, 0.1) is 11.8 Å². The monoisotopic (exact) mass is 520 g/mol. The Labute approximate surface area is 221 Å². The Morgan fingerprint density at radius 3 is 2.55 bits per heavy atom. The third-order valence-electron chi connectivity index (χ3n) is 6.50. The molecule has 3 heterocycles. The first-order chi connectivity index (χ1) is 18.5. The lowest BCUT2D eigenvalue weighted by Gasteiger charge is -2.28. The smallest absolute Gasteiger partial charge is 0.257 e. The van der Waals surface area contributed by atoms with Gasteiger partial charge in [-0.1, -0.05) is 0 Å². The molecular formula is C27H32N6O5. The van der Waals surface area contributed by atoms with Crippen molar-refractivity contribution < 1.29 is 23.8 Å². The zero-order valence-corrected chi connectivity index (χ0v) is 21.6. The molecule has 1 N–H and O–H groups in total. The number of rotatable bonds is 10. The van der Waals surface area contributed by atoms with E-state index < -0.39 is 0 Å². The number of carbonyl (C=O) groups excluding carboxylic acids is 2. The molecule has 1 aliphatic carbocycles. The van der Waals surface area contributed by atoms with E-state index in [-0.39, 0.29) is 23.6 Å². The number of hydrogen-bond donors (Lipinski definition) is 1. The van der Waals surface area contributed by atoms with Crippen LogP contribution < -0.4 is 19.7 Å². The summed E-state index contributed by atoms with van der Waals surface area (Å²) >= 11 is 0. The van der Waals surface area contributed by atoms with Gasteiger partial charge in [0.1, 0.15) is 11.5 Å². The number of ether oxygens (including phenoxy) is 3. The molecule has 1 saturated carbocycles. The average Bonchev–Trinajstić information content (AvgIpc) is 3.66. The van der Waals surface area contributed by atoms with Crippen molar-refractivity contribution in [3.8, 4) is 17.4 Å². The Balaban J connectivity index is 1.32. The van der Waals surface area contributed by atoms with Gasteiger partial charge in [0, 0.05) is 56.6 Å². The van der Waals surface area contributed by atoms with Crippen LogP contribution in [0.1, 0.15) is 43.0 Å². The molecule has 200 valence electrons. The molecule has 0 radical (unpaired) electrons. The molecular weight excluding hydrogens is 488 g/mol. The third-order valence-corrected chi connectivity index (χ3v) is 6.50. The zero-order chi connectivity index (χ0) is 26.5. The number of carbonyl (C=O) groups is 2. The van der Waals surface area contributed by atoms with Crippen LogP contribution in [0.15, 0.2) is 42.9 Å². The predicted octanol–water partition coefficient (Wildman–Crippen LogP) is 3.82. The van der Waals surface area contributed by atoms with Crippen LogP contribution in [-0.2, 0) is 16.6 Å². The minimum atomic E-state index is -0.348. The van der Waals surface area contributed by atoms with Crippen LogP contribution in [0.4, 0.5) is 11.6 Å².